The predicted octanol–water partition coefficient (Wildman–Crippen LogP) is 5.94. The Labute approximate surface area is 190 Å². The summed E-state index contributed by atoms with van der Waals surface area (Å²) in [6.45, 7) is 5.02. The van der Waals surface area contributed by atoms with Crippen molar-refractivity contribution in [3.8, 4) is 5.75 Å². The van der Waals surface area contributed by atoms with Gasteiger partial charge in [-0.05, 0) is 60.5 Å². The number of nitrogens with one attached hydrogen (secondary N) is 1. The highest BCUT2D eigenvalue weighted by Gasteiger charge is 2.20. The molecule has 4 aromatic rings. The van der Waals surface area contributed by atoms with Crippen LogP contribution in [0, 0.1) is 13.8 Å². The monoisotopic (exact) mass is 463 g/mol. The minimum absolute atomic E-state index is 0.0474. The summed E-state index contributed by atoms with van der Waals surface area (Å²) in [4.78, 5) is 11.0. The Kier molecular flexibility index (Phi) is 5.61. The molecule has 0 saturated heterocycles. The number of hydrogen-bond donors (Lipinski definition) is 3. The van der Waals surface area contributed by atoms with Gasteiger partial charge >= 0.3 is 0 Å². The first-order chi connectivity index (χ1) is 15.5. The van der Waals surface area contributed by atoms with Gasteiger partial charge < -0.3 is 10.4 Å². The molecule has 0 aromatic heterocycles. The van der Waals surface area contributed by atoms with E-state index in [4.69, 9.17) is 0 Å². The number of phenols is 1. The second kappa shape index (κ2) is 8.27. The molecule has 0 aliphatic heterocycles. The molecular formula is C24H21N3O5S. The number of carbonyl (C=O) groups is 1. The van der Waals surface area contributed by atoms with E-state index in [0.29, 0.717) is 32.8 Å². The topological polar surface area (TPSA) is 128 Å². The first kappa shape index (κ1) is 22.4. The fourth-order valence-corrected chi connectivity index (χ4v) is 4.62. The Balaban J connectivity index is 1.84. The van der Waals surface area contributed by atoms with Crippen molar-refractivity contribution in [3.63, 3.8) is 0 Å². The van der Waals surface area contributed by atoms with Crippen LogP contribution in [0.1, 0.15) is 18.1 Å². The zero-order valence-corrected chi connectivity index (χ0v) is 18.9. The smallest absolute Gasteiger partial charge is 0.297 e. The van der Waals surface area contributed by atoms with Gasteiger partial charge in [-0.1, -0.05) is 29.8 Å². The third-order valence-electron chi connectivity index (χ3n) is 5.22. The first-order valence-electron chi connectivity index (χ1n) is 10.0. The molecule has 9 heteroatoms. The highest BCUT2D eigenvalue weighted by atomic mass is 32.2. The van der Waals surface area contributed by atoms with Crippen molar-refractivity contribution in [1.82, 2.24) is 0 Å². The first-order valence-corrected chi connectivity index (χ1v) is 11.4. The number of hydrogen-bond acceptors (Lipinski definition) is 6. The maximum Gasteiger partial charge on any atom is 0.297 e. The Morgan fingerprint density at radius 2 is 1.64 bits per heavy atom. The molecule has 0 heterocycles. The predicted molar refractivity (Wildman–Crippen MR) is 127 cm³/mol. The summed E-state index contributed by atoms with van der Waals surface area (Å²) >= 11 is 0. The standard InChI is InChI=1S/C24H21N3O5S/c1-13-4-7-20-16(10-13)5-9-21(24(20)33(30,31)32)26-27-22-14(2)11-17-12-18(25-15(3)28)6-8-19(17)23(22)29/h4-12,29H,1-3H3,(H,25,28)(H,30,31,32). The van der Waals surface area contributed by atoms with Gasteiger partial charge in [-0.15, -0.1) is 10.2 Å². The lowest BCUT2D eigenvalue weighted by atomic mass is 10.0. The molecule has 1 amide bonds. The molecule has 0 unspecified atom stereocenters. The molecule has 0 radical (unpaired) electrons. The number of aryl methyl sites for hydroxylation is 2. The number of azo groups is 1. The Hall–Kier alpha value is -3.82. The van der Waals surface area contributed by atoms with E-state index in [-0.39, 0.29) is 27.9 Å². The van der Waals surface area contributed by atoms with E-state index < -0.39 is 10.1 Å². The van der Waals surface area contributed by atoms with Crippen LogP contribution >= 0.6 is 0 Å². The van der Waals surface area contributed by atoms with Crippen LogP contribution in [0.25, 0.3) is 21.5 Å². The van der Waals surface area contributed by atoms with Crippen molar-refractivity contribution in [2.45, 2.75) is 25.7 Å². The maximum absolute atomic E-state index is 12.2. The second-order valence-corrected chi connectivity index (χ2v) is 9.18. The Morgan fingerprint density at radius 3 is 2.33 bits per heavy atom. The van der Waals surface area contributed by atoms with Crippen LogP contribution in [-0.2, 0) is 14.9 Å². The molecule has 0 aliphatic rings. The van der Waals surface area contributed by atoms with Gasteiger partial charge in [0.2, 0.25) is 5.91 Å². The second-order valence-electron chi connectivity index (χ2n) is 7.82. The van der Waals surface area contributed by atoms with Gasteiger partial charge in [0, 0.05) is 23.4 Å². The van der Waals surface area contributed by atoms with E-state index in [0.717, 1.165) is 5.56 Å². The fraction of sp³-hybridized carbons (Fsp3) is 0.125. The van der Waals surface area contributed by atoms with Gasteiger partial charge in [-0.25, -0.2) is 0 Å². The van der Waals surface area contributed by atoms with Crippen LogP contribution < -0.4 is 5.32 Å². The molecule has 8 nitrogen and oxygen atoms in total. The van der Waals surface area contributed by atoms with Crippen molar-refractivity contribution in [1.29, 1.82) is 0 Å². The summed E-state index contributed by atoms with van der Waals surface area (Å²) in [5.41, 5.74) is 2.24. The highest BCUT2D eigenvalue weighted by molar-refractivity contribution is 7.86. The number of carbonyl (C=O) groups excluding carboxylic acids is 1. The maximum atomic E-state index is 12.2. The minimum Gasteiger partial charge on any atom is -0.505 e. The summed E-state index contributed by atoms with van der Waals surface area (Å²) in [7, 11) is -4.60. The lowest BCUT2D eigenvalue weighted by Gasteiger charge is -2.10. The van der Waals surface area contributed by atoms with Gasteiger partial charge in [0.25, 0.3) is 10.1 Å². The third kappa shape index (κ3) is 4.41. The molecule has 33 heavy (non-hydrogen) atoms. The summed E-state index contributed by atoms with van der Waals surface area (Å²) in [5, 5.41) is 23.8. The summed E-state index contributed by atoms with van der Waals surface area (Å²) in [6, 6.07) is 15.1. The van der Waals surface area contributed by atoms with Gasteiger partial charge in [-0.3, -0.25) is 9.35 Å². The molecule has 3 N–H and O–H groups in total. The van der Waals surface area contributed by atoms with E-state index in [1.54, 1.807) is 55.5 Å². The van der Waals surface area contributed by atoms with Crippen LogP contribution in [0.15, 0.2) is 69.7 Å². The summed E-state index contributed by atoms with van der Waals surface area (Å²) in [5.74, 6) is -0.339. The number of anilines is 1. The zero-order chi connectivity index (χ0) is 23.9. The number of aromatic hydroxyl groups is 1. The van der Waals surface area contributed by atoms with E-state index >= 15 is 0 Å². The van der Waals surface area contributed by atoms with Crippen LogP contribution in [-0.4, -0.2) is 24.0 Å². The Bertz CT molecular complexity index is 1580. The molecule has 0 bridgehead atoms. The normalized spacial score (nSPS) is 12.0. The van der Waals surface area contributed by atoms with E-state index in [1.165, 1.54) is 13.0 Å². The van der Waals surface area contributed by atoms with E-state index in [9.17, 15) is 22.9 Å². The highest BCUT2D eigenvalue weighted by Crippen LogP contribution is 2.41. The molecule has 168 valence electrons. The Morgan fingerprint density at radius 1 is 0.909 bits per heavy atom. The van der Waals surface area contributed by atoms with Gasteiger partial charge in [0.05, 0.1) is 0 Å². The molecule has 0 fully saturated rings. The number of fused-ring (bicyclic) bond motifs is 2. The fourth-order valence-electron chi connectivity index (χ4n) is 3.78. The molecule has 0 atom stereocenters. The SMILES string of the molecule is CC(=O)Nc1ccc2c(O)c(N=Nc3ccc4cc(C)ccc4c3S(=O)(=O)O)c(C)cc2c1. The van der Waals surface area contributed by atoms with E-state index in [2.05, 4.69) is 15.5 Å². The number of rotatable bonds is 4. The number of benzene rings is 4. The summed E-state index contributed by atoms with van der Waals surface area (Å²) < 4.78 is 34.2. The van der Waals surface area contributed by atoms with Gasteiger partial charge in [0.15, 0.2) is 5.75 Å². The molecule has 0 saturated carbocycles. The van der Waals surface area contributed by atoms with Crippen molar-refractivity contribution >= 4 is 54.6 Å². The average Bonchev–Trinajstić information content (AvgIpc) is 2.71. The van der Waals surface area contributed by atoms with Gasteiger partial charge in [0.1, 0.15) is 16.3 Å². The molecular weight excluding hydrogens is 442 g/mol. The summed E-state index contributed by atoms with van der Waals surface area (Å²) in [6.07, 6.45) is 0. The van der Waals surface area contributed by atoms with Crippen molar-refractivity contribution in [2.24, 2.45) is 10.2 Å². The van der Waals surface area contributed by atoms with Crippen LogP contribution in [0.3, 0.4) is 0 Å². The van der Waals surface area contributed by atoms with Gasteiger partial charge in [-0.2, -0.15) is 8.42 Å². The lowest BCUT2D eigenvalue weighted by molar-refractivity contribution is -0.114. The largest absolute Gasteiger partial charge is 0.505 e. The van der Waals surface area contributed by atoms with Crippen LogP contribution in [0.4, 0.5) is 17.1 Å². The van der Waals surface area contributed by atoms with E-state index in [1.807, 2.05) is 6.92 Å². The van der Waals surface area contributed by atoms with Crippen LogP contribution in [0.2, 0.25) is 0 Å². The van der Waals surface area contributed by atoms with Crippen LogP contribution in [0.5, 0.6) is 5.75 Å². The molecule has 4 rings (SSSR count). The quantitative estimate of drug-likeness (QED) is 0.255. The number of amides is 1. The molecule has 4 aromatic carbocycles. The molecule has 0 spiro atoms. The average molecular weight is 464 g/mol. The number of phenolic OH excluding ortho intramolecular Hbond substituents is 1. The van der Waals surface area contributed by atoms with Crippen molar-refractivity contribution in [3.05, 3.63) is 65.7 Å². The third-order valence-corrected chi connectivity index (χ3v) is 6.16. The molecule has 0 aliphatic carbocycles. The van der Waals surface area contributed by atoms with Crippen molar-refractivity contribution in [2.75, 3.05) is 5.32 Å². The minimum atomic E-state index is -4.60. The van der Waals surface area contributed by atoms with Crippen molar-refractivity contribution < 1.29 is 22.9 Å². The zero-order valence-electron chi connectivity index (χ0n) is 18.1. The lowest BCUT2D eigenvalue weighted by Crippen LogP contribution is -2.05. The number of nitrogens with zero attached hydrogens (tertiary/aromatic N) is 2.